The topological polar surface area (TPSA) is 64.7 Å². The van der Waals surface area contributed by atoms with Gasteiger partial charge in [-0.3, -0.25) is 0 Å². The fraction of sp³-hybridized carbons (Fsp3) is 1.00. The van der Waals surface area contributed by atoms with Crippen LogP contribution < -0.4 is 5.73 Å². The summed E-state index contributed by atoms with van der Waals surface area (Å²) in [5.41, 5.74) is 5.83. The van der Waals surface area contributed by atoms with Crippen LogP contribution in [-0.4, -0.2) is 39.5 Å². The molecule has 92 valence electrons. The molecule has 3 N–H and O–H groups in total. The lowest BCUT2D eigenvalue weighted by molar-refractivity contribution is 0.186. The molecule has 0 aliphatic heterocycles. The van der Waals surface area contributed by atoms with Gasteiger partial charge in [0.25, 0.3) is 0 Å². The molecule has 1 atom stereocenters. The van der Waals surface area contributed by atoms with Gasteiger partial charge in [0.05, 0.1) is 0 Å². The molecule has 15 heavy (non-hydrogen) atoms. The average molecular weight is 235 g/mol. The highest BCUT2D eigenvalue weighted by Crippen LogP contribution is 2.17. The van der Waals surface area contributed by atoms with Gasteiger partial charge in [0.2, 0.25) is 0 Å². The third-order valence-corrected chi connectivity index (χ3v) is 5.36. The van der Waals surface area contributed by atoms with E-state index < -0.39 is 8.56 Å². The summed E-state index contributed by atoms with van der Waals surface area (Å²) in [6.07, 6.45) is 1.52. The second kappa shape index (κ2) is 8.24. The highest BCUT2D eigenvalue weighted by Gasteiger charge is 2.30. The van der Waals surface area contributed by atoms with E-state index in [1.165, 1.54) is 0 Å². The standard InChI is InChI=1S/C10H25NO3Si/c1-4-13-15(3,14-5-2)9-7-10(11)6-8-12/h10,12H,4-9,11H2,1-3H3. The fourth-order valence-electron chi connectivity index (χ4n) is 1.55. The maximum Gasteiger partial charge on any atom is 0.334 e. The number of hydrogen-bond acceptors (Lipinski definition) is 4. The molecule has 0 bridgehead atoms. The Labute approximate surface area is 94.0 Å². The van der Waals surface area contributed by atoms with Crippen molar-refractivity contribution in [1.82, 2.24) is 0 Å². The lowest BCUT2D eigenvalue weighted by Crippen LogP contribution is -2.40. The summed E-state index contributed by atoms with van der Waals surface area (Å²) in [5.74, 6) is 0. The van der Waals surface area contributed by atoms with E-state index >= 15 is 0 Å². The largest absolute Gasteiger partial charge is 0.396 e. The molecule has 1 unspecified atom stereocenters. The smallest absolute Gasteiger partial charge is 0.334 e. The summed E-state index contributed by atoms with van der Waals surface area (Å²) in [6.45, 7) is 7.58. The third kappa shape index (κ3) is 7.02. The average Bonchev–Trinajstić information content (AvgIpc) is 2.16. The molecular formula is C10H25NO3Si. The molecule has 0 aliphatic carbocycles. The van der Waals surface area contributed by atoms with E-state index in [4.69, 9.17) is 19.7 Å². The van der Waals surface area contributed by atoms with E-state index in [0.29, 0.717) is 19.6 Å². The lowest BCUT2D eigenvalue weighted by Gasteiger charge is -2.27. The van der Waals surface area contributed by atoms with E-state index in [-0.39, 0.29) is 12.6 Å². The molecule has 0 aliphatic rings. The van der Waals surface area contributed by atoms with Crippen LogP contribution in [0.3, 0.4) is 0 Å². The zero-order valence-corrected chi connectivity index (χ0v) is 11.2. The first-order valence-electron chi connectivity index (χ1n) is 5.72. The van der Waals surface area contributed by atoms with Crippen molar-refractivity contribution in [1.29, 1.82) is 0 Å². The molecule has 0 saturated heterocycles. The van der Waals surface area contributed by atoms with Crippen molar-refractivity contribution in [2.75, 3.05) is 19.8 Å². The predicted molar refractivity (Wildman–Crippen MR) is 64.0 cm³/mol. The zero-order chi connectivity index (χ0) is 11.7. The van der Waals surface area contributed by atoms with Crippen LogP contribution in [0.15, 0.2) is 0 Å². The number of aliphatic hydroxyl groups excluding tert-OH is 1. The van der Waals surface area contributed by atoms with Gasteiger partial charge in [0.15, 0.2) is 0 Å². The minimum Gasteiger partial charge on any atom is -0.396 e. The van der Waals surface area contributed by atoms with Gasteiger partial charge in [-0.05, 0) is 39.3 Å². The van der Waals surface area contributed by atoms with E-state index in [0.717, 1.165) is 12.5 Å². The van der Waals surface area contributed by atoms with Gasteiger partial charge in [-0.2, -0.15) is 0 Å². The fourth-order valence-corrected chi connectivity index (χ4v) is 4.04. The molecule has 0 spiro atoms. The van der Waals surface area contributed by atoms with Crippen LogP contribution in [0.5, 0.6) is 0 Å². The summed E-state index contributed by atoms with van der Waals surface area (Å²) >= 11 is 0. The van der Waals surface area contributed by atoms with Gasteiger partial charge in [-0.25, -0.2) is 0 Å². The van der Waals surface area contributed by atoms with E-state index in [9.17, 15) is 0 Å². The molecule has 0 rings (SSSR count). The summed E-state index contributed by atoms with van der Waals surface area (Å²) in [4.78, 5) is 0. The minimum atomic E-state index is -2.00. The Morgan fingerprint density at radius 3 is 2.13 bits per heavy atom. The molecule has 0 heterocycles. The van der Waals surface area contributed by atoms with Gasteiger partial charge >= 0.3 is 8.56 Å². The van der Waals surface area contributed by atoms with Gasteiger partial charge < -0.3 is 19.7 Å². The Balaban J connectivity index is 3.93. The second-order valence-electron chi connectivity index (χ2n) is 3.81. The van der Waals surface area contributed by atoms with Crippen LogP contribution in [-0.2, 0) is 8.85 Å². The summed E-state index contributed by atoms with van der Waals surface area (Å²) in [6, 6.07) is 0.957. The Bertz CT molecular complexity index is 152. The normalized spacial score (nSPS) is 14.2. The molecule has 0 aromatic rings. The van der Waals surface area contributed by atoms with Gasteiger partial charge in [0.1, 0.15) is 0 Å². The first-order valence-corrected chi connectivity index (χ1v) is 8.24. The van der Waals surface area contributed by atoms with Crippen LogP contribution in [0.2, 0.25) is 12.6 Å². The highest BCUT2D eigenvalue weighted by atomic mass is 28.4. The van der Waals surface area contributed by atoms with Crippen molar-refractivity contribution < 1.29 is 14.0 Å². The third-order valence-electron chi connectivity index (χ3n) is 2.37. The number of nitrogens with two attached hydrogens (primary N) is 1. The highest BCUT2D eigenvalue weighted by molar-refractivity contribution is 6.66. The van der Waals surface area contributed by atoms with Crippen molar-refractivity contribution >= 4 is 8.56 Å². The Morgan fingerprint density at radius 1 is 1.20 bits per heavy atom. The molecule has 4 nitrogen and oxygen atoms in total. The molecule has 0 amide bonds. The summed E-state index contributed by atoms with van der Waals surface area (Å²) < 4.78 is 11.4. The van der Waals surface area contributed by atoms with Crippen LogP contribution >= 0.6 is 0 Å². The predicted octanol–water partition coefficient (Wildman–Crippen LogP) is 1.23. The zero-order valence-electron chi connectivity index (χ0n) is 10.2. The van der Waals surface area contributed by atoms with Gasteiger partial charge in [-0.1, -0.05) is 0 Å². The SMILES string of the molecule is CCO[Si](C)(CCC(N)CCO)OCC. The molecule has 5 heteroatoms. The van der Waals surface area contributed by atoms with Crippen LogP contribution in [0.25, 0.3) is 0 Å². The molecular weight excluding hydrogens is 210 g/mol. The van der Waals surface area contributed by atoms with Crippen LogP contribution in [0.1, 0.15) is 26.7 Å². The van der Waals surface area contributed by atoms with Crippen LogP contribution in [0.4, 0.5) is 0 Å². The Morgan fingerprint density at radius 2 is 1.73 bits per heavy atom. The Kier molecular flexibility index (Phi) is 8.27. The number of hydrogen-bond donors (Lipinski definition) is 2. The van der Waals surface area contributed by atoms with Crippen molar-refractivity contribution in [2.45, 2.75) is 45.3 Å². The number of rotatable bonds is 9. The van der Waals surface area contributed by atoms with Crippen molar-refractivity contribution in [3.63, 3.8) is 0 Å². The van der Waals surface area contributed by atoms with Crippen molar-refractivity contribution in [3.05, 3.63) is 0 Å². The lowest BCUT2D eigenvalue weighted by atomic mass is 10.2. The molecule has 0 aromatic carbocycles. The summed E-state index contributed by atoms with van der Waals surface area (Å²) in [5, 5.41) is 8.74. The second-order valence-corrected chi connectivity index (χ2v) is 7.16. The van der Waals surface area contributed by atoms with E-state index in [1.807, 2.05) is 13.8 Å². The van der Waals surface area contributed by atoms with Gasteiger partial charge in [-0.15, -0.1) is 0 Å². The molecule has 0 fully saturated rings. The number of aliphatic hydroxyl groups is 1. The van der Waals surface area contributed by atoms with Crippen LogP contribution in [0, 0.1) is 0 Å². The maximum absolute atomic E-state index is 8.74. The first-order chi connectivity index (χ1) is 7.08. The molecule has 0 radical (unpaired) electrons. The van der Waals surface area contributed by atoms with E-state index in [2.05, 4.69) is 6.55 Å². The first kappa shape index (κ1) is 15.1. The summed E-state index contributed by atoms with van der Waals surface area (Å²) in [7, 11) is -2.00. The van der Waals surface area contributed by atoms with E-state index in [1.54, 1.807) is 0 Å². The van der Waals surface area contributed by atoms with Gasteiger partial charge in [0, 0.05) is 25.9 Å². The maximum atomic E-state index is 8.74. The van der Waals surface area contributed by atoms with Crippen molar-refractivity contribution in [3.8, 4) is 0 Å². The minimum absolute atomic E-state index is 0.0581. The monoisotopic (exact) mass is 235 g/mol. The molecule has 0 aromatic heterocycles. The van der Waals surface area contributed by atoms with Crippen molar-refractivity contribution in [2.24, 2.45) is 5.73 Å². The quantitative estimate of drug-likeness (QED) is 0.590. The molecule has 0 saturated carbocycles. The Hall–Kier alpha value is 0.0569.